The van der Waals surface area contributed by atoms with Crippen LogP contribution in [0.2, 0.25) is 0 Å². The van der Waals surface area contributed by atoms with Crippen molar-refractivity contribution in [2.75, 3.05) is 18.9 Å². The standard InChI is InChI=1S/C13H18F2N2/c1-8-4-5-11(14)13(12(8)15)16-10-6-9(2)17(3)7-10/h4-5,9-10,16H,6-7H2,1-3H3. The van der Waals surface area contributed by atoms with Crippen LogP contribution in [0.3, 0.4) is 0 Å². The van der Waals surface area contributed by atoms with Crippen molar-refractivity contribution in [2.45, 2.75) is 32.4 Å². The zero-order valence-electron chi connectivity index (χ0n) is 10.4. The Labute approximate surface area is 101 Å². The van der Waals surface area contributed by atoms with Crippen LogP contribution in [0.5, 0.6) is 0 Å². The Kier molecular flexibility index (Phi) is 3.33. The SMILES string of the molecule is Cc1ccc(F)c(NC2CC(C)N(C)C2)c1F. The molecule has 1 N–H and O–H groups in total. The van der Waals surface area contributed by atoms with E-state index in [0.29, 0.717) is 11.6 Å². The van der Waals surface area contributed by atoms with E-state index >= 15 is 0 Å². The van der Waals surface area contributed by atoms with Crippen molar-refractivity contribution >= 4 is 5.69 Å². The molecule has 0 saturated carbocycles. The van der Waals surface area contributed by atoms with E-state index in [2.05, 4.69) is 17.1 Å². The zero-order chi connectivity index (χ0) is 12.6. The largest absolute Gasteiger partial charge is 0.376 e. The zero-order valence-corrected chi connectivity index (χ0v) is 10.4. The Morgan fingerprint density at radius 3 is 2.65 bits per heavy atom. The van der Waals surface area contributed by atoms with Crippen LogP contribution >= 0.6 is 0 Å². The minimum atomic E-state index is -0.518. The summed E-state index contributed by atoms with van der Waals surface area (Å²) in [4.78, 5) is 2.18. The summed E-state index contributed by atoms with van der Waals surface area (Å²) in [5, 5.41) is 2.99. The van der Waals surface area contributed by atoms with Gasteiger partial charge in [0.1, 0.15) is 11.5 Å². The molecule has 0 bridgehead atoms. The minimum absolute atomic E-state index is 0.0116. The predicted octanol–water partition coefficient (Wildman–Crippen LogP) is 2.78. The lowest BCUT2D eigenvalue weighted by Gasteiger charge is -2.16. The Morgan fingerprint density at radius 1 is 1.35 bits per heavy atom. The molecule has 1 aliphatic heterocycles. The van der Waals surface area contributed by atoms with Crippen molar-refractivity contribution in [1.29, 1.82) is 0 Å². The topological polar surface area (TPSA) is 15.3 Å². The van der Waals surface area contributed by atoms with E-state index in [9.17, 15) is 8.78 Å². The fourth-order valence-corrected chi connectivity index (χ4v) is 2.29. The number of likely N-dealkylation sites (tertiary alicyclic amines) is 1. The molecule has 4 heteroatoms. The van der Waals surface area contributed by atoms with Crippen LogP contribution in [0.25, 0.3) is 0 Å². The Hall–Kier alpha value is -1.16. The Morgan fingerprint density at radius 2 is 2.06 bits per heavy atom. The van der Waals surface area contributed by atoms with Crippen LogP contribution in [0.4, 0.5) is 14.5 Å². The van der Waals surface area contributed by atoms with Gasteiger partial charge in [0.05, 0.1) is 0 Å². The van der Waals surface area contributed by atoms with Crippen molar-refractivity contribution in [3.8, 4) is 0 Å². The fourth-order valence-electron chi connectivity index (χ4n) is 2.29. The van der Waals surface area contributed by atoms with Gasteiger partial charge in [-0.3, -0.25) is 0 Å². The highest BCUT2D eigenvalue weighted by Gasteiger charge is 2.27. The first kappa shape index (κ1) is 12.3. The summed E-state index contributed by atoms with van der Waals surface area (Å²) in [7, 11) is 2.02. The Bertz CT molecular complexity index is 410. The van der Waals surface area contributed by atoms with E-state index in [0.717, 1.165) is 13.0 Å². The molecular formula is C13H18F2N2. The summed E-state index contributed by atoms with van der Waals surface area (Å²) < 4.78 is 27.4. The fraction of sp³-hybridized carbons (Fsp3) is 0.538. The number of rotatable bonds is 2. The van der Waals surface area contributed by atoms with E-state index in [1.807, 2.05) is 7.05 Å². The molecule has 17 heavy (non-hydrogen) atoms. The molecule has 2 atom stereocenters. The number of nitrogens with zero attached hydrogens (tertiary/aromatic N) is 1. The minimum Gasteiger partial charge on any atom is -0.376 e. The monoisotopic (exact) mass is 240 g/mol. The van der Waals surface area contributed by atoms with Gasteiger partial charge in [-0.1, -0.05) is 6.07 Å². The van der Waals surface area contributed by atoms with Crippen LogP contribution in [-0.2, 0) is 0 Å². The van der Waals surface area contributed by atoms with E-state index in [1.165, 1.54) is 12.1 Å². The summed E-state index contributed by atoms with van der Waals surface area (Å²) in [5.41, 5.74) is 0.478. The smallest absolute Gasteiger partial charge is 0.152 e. The maximum Gasteiger partial charge on any atom is 0.152 e. The van der Waals surface area contributed by atoms with Crippen molar-refractivity contribution < 1.29 is 8.78 Å². The van der Waals surface area contributed by atoms with Crippen molar-refractivity contribution in [3.63, 3.8) is 0 Å². The average molecular weight is 240 g/mol. The number of aryl methyl sites for hydroxylation is 1. The van der Waals surface area contributed by atoms with Gasteiger partial charge in [-0.2, -0.15) is 0 Å². The van der Waals surface area contributed by atoms with Gasteiger partial charge in [0.2, 0.25) is 0 Å². The summed E-state index contributed by atoms with van der Waals surface area (Å²) in [5.74, 6) is -0.998. The van der Waals surface area contributed by atoms with Crippen LogP contribution in [0.15, 0.2) is 12.1 Å². The molecule has 0 spiro atoms. The van der Waals surface area contributed by atoms with Gasteiger partial charge in [0, 0.05) is 18.6 Å². The van der Waals surface area contributed by atoms with Gasteiger partial charge >= 0.3 is 0 Å². The van der Waals surface area contributed by atoms with Crippen LogP contribution in [-0.4, -0.2) is 30.6 Å². The number of hydrogen-bond acceptors (Lipinski definition) is 2. The van der Waals surface area contributed by atoms with Gasteiger partial charge in [-0.15, -0.1) is 0 Å². The number of hydrogen-bond donors (Lipinski definition) is 1. The number of likely N-dealkylation sites (N-methyl/N-ethyl adjacent to an activating group) is 1. The van der Waals surface area contributed by atoms with E-state index in [4.69, 9.17) is 0 Å². The molecule has 0 aliphatic carbocycles. The molecule has 0 amide bonds. The molecule has 1 aromatic carbocycles. The molecule has 1 aromatic rings. The second-order valence-electron chi connectivity index (χ2n) is 4.92. The molecule has 1 heterocycles. The second-order valence-corrected chi connectivity index (χ2v) is 4.92. The summed E-state index contributed by atoms with van der Waals surface area (Å²) >= 11 is 0. The number of benzene rings is 1. The van der Waals surface area contributed by atoms with Gasteiger partial charge in [0.15, 0.2) is 5.82 Å². The first-order valence-corrected chi connectivity index (χ1v) is 5.90. The summed E-state index contributed by atoms with van der Waals surface area (Å²) in [6, 6.07) is 3.33. The van der Waals surface area contributed by atoms with Crippen molar-refractivity contribution in [3.05, 3.63) is 29.3 Å². The highest BCUT2D eigenvalue weighted by Crippen LogP contribution is 2.25. The first-order valence-electron chi connectivity index (χ1n) is 5.90. The van der Waals surface area contributed by atoms with Crippen LogP contribution < -0.4 is 5.32 Å². The van der Waals surface area contributed by atoms with Crippen LogP contribution in [0.1, 0.15) is 18.9 Å². The lowest BCUT2D eigenvalue weighted by atomic mass is 10.1. The lowest BCUT2D eigenvalue weighted by Crippen LogP contribution is -2.25. The molecule has 2 rings (SSSR count). The molecule has 1 fully saturated rings. The molecule has 94 valence electrons. The normalized spacial score (nSPS) is 25.2. The van der Waals surface area contributed by atoms with E-state index in [-0.39, 0.29) is 11.7 Å². The highest BCUT2D eigenvalue weighted by atomic mass is 19.1. The molecule has 0 radical (unpaired) electrons. The summed E-state index contributed by atoms with van der Waals surface area (Å²) in [6.07, 6.45) is 0.906. The van der Waals surface area contributed by atoms with Gasteiger partial charge in [0.25, 0.3) is 0 Å². The number of anilines is 1. The molecule has 1 aliphatic rings. The third kappa shape index (κ3) is 2.41. The number of halogens is 2. The van der Waals surface area contributed by atoms with Gasteiger partial charge in [-0.25, -0.2) is 8.78 Å². The molecule has 1 saturated heterocycles. The molecule has 2 unspecified atom stereocenters. The molecular weight excluding hydrogens is 222 g/mol. The second kappa shape index (κ2) is 4.61. The number of nitrogens with one attached hydrogen (secondary N) is 1. The van der Waals surface area contributed by atoms with E-state index in [1.54, 1.807) is 6.92 Å². The van der Waals surface area contributed by atoms with Gasteiger partial charge in [-0.05, 0) is 38.9 Å². The average Bonchev–Trinajstić information content (AvgIpc) is 2.59. The third-order valence-corrected chi connectivity index (χ3v) is 3.52. The third-order valence-electron chi connectivity index (χ3n) is 3.52. The Balaban J connectivity index is 2.17. The van der Waals surface area contributed by atoms with E-state index < -0.39 is 11.6 Å². The molecule has 0 aromatic heterocycles. The maximum absolute atomic E-state index is 13.8. The molecule has 2 nitrogen and oxygen atoms in total. The highest BCUT2D eigenvalue weighted by molar-refractivity contribution is 5.49. The lowest BCUT2D eigenvalue weighted by molar-refractivity contribution is 0.330. The summed E-state index contributed by atoms with van der Waals surface area (Å²) in [6.45, 7) is 4.57. The maximum atomic E-state index is 13.8. The van der Waals surface area contributed by atoms with Crippen molar-refractivity contribution in [1.82, 2.24) is 4.90 Å². The predicted molar refractivity (Wildman–Crippen MR) is 65.2 cm³/mol. The van der Waals surface area contributed by atoms with Gasteiger partial charge < -0.3 is 10.2 Å². The van der Waals surface area contributed by atoms with Crippen LogP contribution in [0, 0.1) is 18.6 Å². The van der Waals surface area contributed by atoms with Crippen molar-refractivity contribution in [2.24, 2.45) is 0 Å². The quantitative estimate of drug-likeness (QED) is 0.855. The first-order chi connectivity index (χ1) is 7.99.